The van der Waals surface area contributed by atoms with Gasteiger partial charge in [-0.3, -0.25) is 14.4 Å². The first-order valence-corrected chi connectivity index (χ1v) is 25.7. The van der Waals surface area contributed by atoms with Gasteiger partial charge < -0.3 is 14.2 Å². The molecule has 0 aliphatic rings. The molecule has 58 heavy (non-hydrogen) atoms. The maximum atomic E-state index is 12.8. The van der Waals surface area contributed by atoms with Gasteiger partial charge in [0, 0.05) is 19.3 Å². The summed E-state index contributed by atoms with van der Waals surface area (Å²) < 4.78 is 16.8. The van der Waals surface area contributed by atoms with Gasteiger partial charge in [-0.2, -0.15) is 0 Å². The number of unbranched alkanes of at least 4 members (excludes halogenated alkanes) is 25. The highest BCUT2D eigenvalue weighted by Gasteiger charge is 2.19. The fourth-order valence-corrected chi connectivity index (χ4v) is 7.66. The Morgan fingerprint density at radius 3 is 0.810 bits per heavy atom. The third kappa shape index (κ3) is 41.2. The molecular weight excluding hydrogens is 721 g/mol. The molecule has 0 fully saturated rings. The van der Waals surface area contributed by atoms with Gasteiger partial charge in [-0.1, -0.05) is 241 Å². The van der Waals surface area contributed by atoms with Gasteiger partial charge in [-0.05, 0) is 37.0 Å². The van der Waals surface area contributed by atoms with Gasteiger partial charge in [-0.25, -0.2) is 0 Å². The summed E-state index contributed by atoms with van der Waals surface area (Å²) in [6, 6.07) is 0. The van der Waals surface area contributed by atoms with Gasteiger partial charge >= 0.3 is 17.9 Å². The number of rotatable bonds is 45. The average molecular weight is 821 g/mol. The van der Waals surface area contributed by atoms with Crippen LogP contribution in [-0.2, 0) is 28.6 Å². The minimum absolute atomic E-state index is 0.0657. The van der Waals surface area contributed by atoms with E-state index in [4.69, 9.17) is 14.2 Å². The average Bonchev–Trinajstić information content (AvgIpc) is 3.22. The number of carbonyl (C=O) groups is 3. The standard InChI is InChI=1S/C52H100O6/c1-7-46(4)38-32-26-20-16-14-12-10-11-13-15-17-22-29-35-41-50(53)56-44-49(45-57-51(54)42-36-30-25-24-28-34-40-48(6)9-3)58-52(55)43-37-31-23-19-18-21-27-33-39-47(5)8-2/h46-49H,7-45H2,1-6H3/t46?,47?,48?,49-/m1/s1. The summed E-state index contributed by atoms with van der Waals surface area (Å²) in [6.45, 7) is 13.7. The molecule has 0 saturated heterocycles. The quantitative estimate of drug-likeness (QED) is 0.0346. The van der Waals surface area contributed by atoms with Crippen LogP contribution in [0.5, 0.6) is 0 Å². The number of hydrogen-bond acceptors (Lipinski definition) is 6. The van der Waals surface area contributed by atoms with Crippen molar-refractivity contribution in [1.29, 1.82) is 0 Å². The lowest BCUT2D eigenvalue weighted by Gasteiger charge is -2.18. The zero-order chi connectivity index (χ0) is 42.7. The van der Waals surface area contributed by atoms with Crippen LogP contribution in [0.15, 0.2) is 0 Å². The number of hydrogen-bond donors (Lipinski definition) is 0. The van der Waals surface area contributed by atoms with Gasteiger partial charge in [0.2, 0.25) is 0 Å². The monoisotopic (exact) mass is 821 g/mol. The van der Waals surface area contributed by atoms with Crippen molar-refractivity contribution < 1.29 is 28.6 Å². The van der Waals surface area contributed by atoms with Gasteiger partial charge in [0.1, 0.15) is 13.2 Å². The molecule has 344 valence electrons. The maximum absolute atomic E-state index is 12.8. The Kier molecular flexibility index (Phi) is 42.3. The number of ether oxygens (including phenoxy) is 3. The summed E-state index contributed by atoms with van der Waals surface area (Å²) in [5.74, 6) is 1.70. The van der Waals surface area contributed by atoms with Crippen molar-refractivity contribution in [1.82, 2.24) is 0 Å². The Morgan fingerprint density at radius 1 is 0.328 bits per heavy atom. The van der Waals surface area contributed by atoms with Crippen LogP contribution in [-0.4, -0.2) is 37.2 Å². The zero-order valence-corrected chi connectivity index (χ0v) is 39.8. The first kappa shape index (κ1) is 56.4. The summed E-state index contributed by atoms with van der Waals surface area (Å²) in [4.78, 5) is 37.9. The molecule has 0 heterocycles. The van der Waals surface area contributed by atoms with Gasteiger partial charge in [0.05, 0.1) is 0 Å². The third-order valence-electron chi connectivity index (χ3n) is 12.7. The summed E-state index contributed by atoms with van der Waals surface area (Å²) in [5, 5.41) is 0. The zero-order valence-electron chi connectivity index (χ0n) is 39.8. The molecule has 0 aromatic carbocycles. The molecule has 0 aromatic rings. The van der Waals surface area contributed by atoms with Crippen molar-refractivity contribution in [3.8, 4) is 0 Å². The Morgan fingerprint density at radius 2 is 0.552 bits per heavy atom. The second-order valence-corrected chi connectivity index (χ2v) is 18.5. The van der Waals surface area contributed by atoms with Crippen molar-refractivity contribution in [2.45, 2.75) is 285 Å². The maximum Gasteiger partial charge on any atom is 0.306 e. The van der Waals surface area contributed by atoms with Crippen molar-refractivity contribution in [2.75, 3.05) is 13.2 Å². The summed E-state index contributed by atoms with van der Waals surface area (Å²) in [5.41, 5.74) is 0. The molecule has 0 amide bonds. The Hall–Kier alpha value is -1.59. The van der Waals surface area contributed by atoms with Crippen LogP contribution >= 0.6 is 0 Å². The molecule has 0 radical (unpaired) electrons. The van der Waals surface area contributed by atoms with Gasteiger partial charge in [0.15, 0.2) is 6.10 Å². The molecule has 0 aliphatic carbocycles. The minimum atomic E-state index is -0.763. The Labute approximate surface area is 361 Å². The van der Waals surface area contributed by atoms with Crippen molar-refractivity contribution in [3.05, 3.63) is 0 Å². The van der Waals surface area contributed by atoms with E-state index >= 15 is 0 Å². The van der Waals surface area contributed by atoms with E-state index in [0.717, 1.165) is 75.5 Å². The molecule has 3 unspecified atom stereocenters. The second-order valence-electron chi connectivity index (χ2n) is 18.5. The van der Waals surface area contributed by atoms with Gasteiger partial charge in [-0.15, -0.1) is 0 Å². The molecule has 0 aliphatic heterocycles. The molecule has 0 N–H and O–H groups in total. The van der Waals surface area contributed by atoms with E-state index in [1.165, 1.54) is 161 Å². The first-order chi connectivity index (χ1) is 28.2. The predicted octanol–water partition coefficient (Wildman–Crippen LogP) is 16.4. The van der Waals surface area contributed by atoms with Crippen LogP contribution in [0.25, 0.3) is 0 Å². The van der Waals surface area contributed by atoms with Crippen molar-refractivity contribution in [2.24, 2.45) is 17.8 Å². The van der Waals surface area contributed by atoms with Crippen LogP contribution in [0.3, 0.4) is 0 Å². The molecule has 0 spiro atoms. The van der Waals surface area contributed by atoms with E-state index in [1.54, 1.807) is 0 Å². The van der Waals surface area contributed by atoms with Crippen LogP contribution in [0.4, 0.5) is 0 Å². The molecule has 0 aromatic heterocycles. The minimum Gasteiger partial charge on any atom is -0.462 e. The lowest BCUT2D eigenvalue weighted by atomic mass is 9.99. The summed E-state index contributed by atoms with van der Waals surface area (Å²) >= 11 is 0. The fraction of sp³-hybridized carbons (Fsp3) is 0.942. The lowest BCUT2D eigenvalue weighted by Crippen LogP contribution is -2.30. The topological polar surface area (TPSA) is 78.9 Å². The highest BCUT2D eigenvalue weighted by atomic mass is 16.6. The Balaban J connectivity index is 4.28. The van der Waals surface area contributed by atoms with E-state index in [-0.39, 0.29) is 31.1 Å². The van der Waals surface area contributed by atoms with Crippen LogP contribution in [0.2, 0.25) is 0 Å². The van der Waals surface area contributed by atoms with Crippen molar-refractivity contribution in [3.63, 3.8) is 0 Å². The highest BCUT2D eigenvalue weighted by molar-refractivity contribution is 5.71. The second kappa shape index (κ2) is 43.5. The molecular formula is C52H100O6. The first-order valence-electron chi connectivity index (χ1n) is 25.7. The third-order valence-corrected chi connectivity index (χ3v) is 12.7. The van der Waals surface area contributed by atoms with E-state index in [9.17, 15) is 14.4 Å². The molecule has 0 rings (SSSR count). The largest absolute Gasteiger partial charge is 0.462 e. The molecule has 4 atom stereocenters. The van der Waals surface area contributed by atoms with E-state index in [1.807, 2.05) is 0 Å². The van der Waals surface area contributed by atoms with Crippen LogP contribution < -0.4 is 0 Å². The molecule has 6 nitrogen and oxygen atoms in total. The lowest BCUT2D eigenvalue weighted by molar-refractivity contribution is -0.167. The number of carbonyl (C=O) groups excluding carboxylic acids is 3. The van der Waals surface area contributed by atoms with Crippen LogP contribution in [0.1, 0.15) is 279 Å². The SMILES string of the molecule is CCC(C)CCCCCCCCCCCCCCCCC(=O)OC[C@H](COC(=O)CCCCCCCCC(C)CC)OC(=O)CCCCCCCCCCC(C)CC. The Bertz CT molecular complexity index is 904. The highest BCUT2D eigenvalue weighted by Crippen LogP contribution is 2.19. The molecule has 0 saturated carbocycles. The predicted molar refractivity (Wildman–Crippen MR) is 247 cm³/mol. The van der Waals surface area contributed by atoms with Crippen LogP contribution in [0, 0.1) is 17.8 Å². The summed E-state index contributed by atoms with van der Waals surface area (Å²) in [7, 11) is 0. The van der Waals surface area contributed by atoms with Crippen molar-refractivity contribution >= 4 is 17.9 Å². The fourth-order valence-electron chi connectivity index (χ4n) is 7.66. The molecule has 0 bridgehead atoms. The van der Waals surface area contributed by atoms with E-state index in [0.29, 0.717) is 19.3 Å². The normalized spacial score (nSPS) is 13.6. The van der Waals surface area contributed by atoms with Gasteiger partial charge in [0.25, 0.3) is 0 Å². The number of esters is 3. The van der Waals surface area contributed by atoms with E-state index < -0.39 is 6.10 Å². The molecule has 6 heteroatoms. The van der Waals surface area contributed by atoms with E-state index in [2.05, 4.69) is 41.5 Å². The smallest absolute Gasteiger partial charge is 0.306 e. The summed E-state index contributed by atoms with van der Waals surface area (Å²) in [6.07, 6.45) is 42.2.